The minimum absolute atomic E-state index is 1.21. The van der Waals surface area contributed by atoms with E-state index in [4.69, 9.17) is 0 Å². The fourth-order valence-corrected chi connectivity index (χ4v) is 8.06. The number of fused-ring (bicyclic) bond motifs is 6. The molecule has 0 aliphatic heterocycles. The molecule has 0 heterocycles. The van der Waals surface area contributed by atoms with Crippen LogP contribution in [0.1, 0.15) is 0 Å². The zero-order valence-electron chi connectivity index (χ0n) is 27.5. The lowest BCUT2D eigenvalue weighted by Crippen LogP contribution is -1.91. The summed E-state index contributed by atoms with van der Waals surface area (Å²) in [7, 11) is 0. The molecule has 50 heavy (non-hydrogen) atoms. The van der Waals surface area contributed by atoms with Crippen LogP contribution in [0.4, 0.5) is 0 Å². The summed E-state index contributed by atoms with van der Waals surface area (Å²) in [6.45, 7) is 0. The quantitative estimate of drug-likeness (QED) is 0.134. The van der Waals surface area contributed by atoms with Crippen molar-refractivity contribution in [1.82, 2.24) is 0 Å². The van der Waals surface area contributed by atoms with Crippen molar-refractivity contribution in [2.45, 2.75) is 0 Å². The molecule has 0 heteroatoms. The molecular weight excluding hydrogens is 601 g/mol. The van der Waals surface area contributed by atoms with Crippen LogP contribution in [0, 0.1) is 0 Å². The van der Waals surface area contributed by atoms with Crippen LogP contribution < -0.4 is 0 Å². The molecular formula is C50H32. The maximum atomic E-state index is 2.38. The molecule has 10 aromatic rings. The van der Waals surface area contributed by atoms with Gasteiger partial charge in [-0.25, -0.2) is 0 Å². The van der Waals surface area contributed by atoms with Crippen LogP contribution >= 0.6 is 0 Å². The minimum atomic E-state index is 1.21. The first kappa shape index (κ1) is 28.5. The van der Waals surface area contributed by atoms with Crippen molar-refractivity contribution >= 4 is 53.9 Å². The Kier molecular flexibility index (Phi) is 6.60. The predicted octanol–water partition coefficient (Wildman–Crippen LogP) is 14.1. The van der Waals surface area contributed by atoms with Crippen molar-refractivity contribution in [2.24, 2.45) is 0 Å². The highest BCUT2D eigenvalue weighted by atomic mass is 14.2. The zero-order valence-corrected chi connectivity index (χ0v) is 27.5. The maximum absolute atomic E-state index is 2.38. The Labute approximate surface area is 291 Å². The fraction of sp³-hybridized carbons (Fsp3) is 0. The van der Waals surface area contributed by atoms with Crippen molar-refractivity contribution in [3.05, 3.63) is 194 Å². The molecule has 0 aliphatic rings. The normalized spacial score (nSPS) is 11.6. The predicted molar refractivity (Wildman–Crippen MR) is 216 cm³/mol. The van der Waals surface area contributed by atoms with Crippen LogP contribution in [0.15, 0.2) is 194 Å². The molecule has 0 unspecified atom stereocenters. The standard InChI is InChI=1S/C50H32/c1-2-13-35(14-3-1)47-32-39-16-6-7-17-41(39)42-29-28-38(31-48(42)47)34-22-25-36(26-23-34)49-43-18-8-10-20-45(43)50(46-21-11-9-19-44(46)49)40-27-24-33-12-4-5-15-37(33)30-40/h1-32H. The van der Waals surface area contributed by atoms with Gasteiger partial charge in [0.15, 0.2) is 0 Å². The highest BCUT2D eigenvalue weighted by Crippen LogP contribution is 2.45. The second-order valence-corrected chi connectivity index (χ2v) is 13.3. The zero-order chi connectivity index (χ0) is 33.0. The van der Waals surface area contributed by atoms with E-state index < -0.39 is 0 Å². The van der Waals surface area contributed by atoms with E-state index in [9.17, 15) is 0 Å². The van der Waals surface area contributed by atoms with Crippen LogP contribution in [0.2, 0.25) is 0 Å². The lowest BCUT2D eigenvalue weighted by Gasteiger charge is -2.18. The first-order valence-corrected chi connectivity index (χ1v) is 17.3. The lowest BCUT2D eigenvalue weighted by atomic mass is 9.85. The third-order valence-corrected chi connectivity index (χ3v) is 10.4. The van der Waals surface area contributed by atoms with Gasteiger partial charge in [0.25, 0.3) is 0 Å². The van der Waals surface area contributed by atoms with Gasteiger partial charge in [0.05, 0.1) is 0 Å². The molecule has 0 aliphatic carbocycles. The van der Waals surface area contributed by atoms with Gasteiger partial charge in [-0.15, -0.1) is 0 Å². The summed E-state index contributed by atoms with van der Waals surface area (Å²) in [5.41, 5.74) is 9.98. The van der Waals surface area contributed by atoms with E-state index in [1.54, 1.807) is 0 Å². The average Bonchev–Trinajstić information content (AvgIpc) is 3.19. The van der Waals surface area contributed by atoms with E-state index in [1.165, 1.54) is 98.4 Å². The highest BCUT2D eigenvalue weighted by Gasteiger charge is 2.17. The SMILES string of the molecule is c1ccc(-c2cc3ccccc3c3ccc(-c4ccc(-c5c6ccccc6c(-c6ccc7ccccc7c6)c6ccccc56)cc4)cc23)cc1. The van der Waals surface area contributed by atoms with Gasteiger partial charge in [-0.3, -0.25) is 0 Å². The number of benzene rings is 10. The highest BCUT2D eigenvalue weighted by molar-refractivity contribution is 6.22. The molecule has 0 atom stereocenters. The molecule has 0 amide bonds. The smallest absolute Gasteiger partial charge is 0.00262 e. The Bertz CT molecular complexity index is 2840. The summed E-state index contributed by atoms with van der Waals surface area (Å²) < 4.78 is 0. The molecule has 10 aromatic carbocycles. The molecule has 0 bridgehead atoms. The first-order valence-electron chi connectivity index (χ1n) is 17.3. The third-order valence-electron chi connectivity index (χ3n) is 10.4. The first-order chi connectivity index (χ1) is 24.8. The maximum Gasteiger partial charge on any atom is -0.00262 e. The number of hydrogen-bond donors (Lipinski definition) is 0. The Morgan fingerprint density at radius 2 is 0.700 bits per heavy atom. The van der Waals surface area contributed by atoms with Gasteiger partial charge in [0, 0.05) is 0 Å². The summed E-state index contributed by atoms with van der Waals surface area (Å²) in [6.07, 6.45) is 0. The summed E-state index contributed by atoms with van der Waals surface area (Å²) in [6, 6.07) is 71.3. The van der Waals surface area contributed by atoms with Gasteiger partial charge in [-0.2, -0.15) is 0 Å². The summed E-state index contributed by atoms with van der Waals surface area (Å²) >= 11 is 0. The van der Waals surface area contributed by atoms with Gasteiger partial charge in [0.2, 0.25) is 0 Å². The second-order valence-electron chi connectivity index (χ2n) is 13.3. The van der Waals surface area contributed by atoms with Gasteiger partial charge >= 0.3 is 0 Å². The molecule has 0 spiro atoms. The molecule has 10 rings (SSSR count). The van der Waals surface area contributed by atoms with E-state index >= 15 is 0 Å². The topological polar surface area (TPSA) is 0 Å². The fourth-order valence-electron chi connectivity index (χ4n) is 8.06. The molecule has 0 fully saturated rings. The Balaban J connectivity index is 1.14. The minimum Gasteiger partial charge on any atom is -0.0622 e. The summed E-state index contributed by atoms with van der Waals surface area (Å²) in [4.78, 5) is 0. The van der Waals surface area contributed by atoms with Gasteiger partial charge in [-0.1, -0.05) is 176 Å². The summed E-state index contributed by atoms with van der Waals surface area (Å²) in [5.74, 6) is 0. The van der Waals surface area contributed by atoms with Gasteiger partial charge < -0.3 is 0 Å². The number of rotatable bonds is 4. The molecule has 0 aromatic heterocycles. The Hall–Kier alpha value is -6.50. The van der Waals surface area contributed by atoms with Gasteiger partial charge in [0.1, 0.15) is 0 Å². The Morgan fingerprint density at radius 3 is 1.38 bits per heavy atom. The van der Waals surface area contributed by atoms with E-state index in [2.05, 4.69) is 194 Å². The molecule has 0 saturated heterocycles. The largest absolute Gasteiger partial charge is 0.0622 e. The van der Waals surface area contributed by atoms with Crippen molar-refractivity contribution in [3.63, 3.8) is 0 Å². The number of hydrogen-bond acceptors (Lipinski definition) is 0. The average molecular weight is 633 g/mol. The van der Waals surface area contributed by atoms with Crippen molar-refractivity contribution in [1.29, 1.82) is 0 Å². The van der Waals surface area contributed by atoms with Crippen molar-refractivity contribution in [3.8, 4) is 44.5 Å². The van der Waals surface area contributed by atoms with Crippen molar-refractivity contribution < 1.29 is 0 Å². The molecule has 0 saturated carbocycles. The second kappa shape index (κ2) is 11.6. The van der Waals surface area contributed by atoms with E-state index in [1.807, 2.05) is 0 Å². The lowest BCUT2D eigenvalue weighted by molar-refractivity contribution is 1.62. The van der Waals surface area contributed by atoms with Crippen LogP contribution in [-0.2, 0) is 0 Å². The van der Waals surface area contributed by atoms with Crippen molar-refractivity contribution in [2.75, 3.05) is 0 Å². The van der Waals surface area contributed by atoms with Crippen LogP contribution in [0.5, 0.6) is 0 Å². The van der Waals surface area contributed by atoms with E-state index in [0.717, 1.165) is 0 Å². The third kappa shape index (κ3) is 4.61. The summed E-state index contributed by atoms with van der Waals surface area (Å²) in [5, 5.41) is 12.7. The molecule has 0 N–H and O–H groups in total. The molecule has 0 nitrogen and oxygen atoms in total. The molecule has 0 radical (unpaired) electrons. The van der Waals surface area contributed by atoms with Gasteiger partial charge in [-0.05, 0) is 117 Å². The molecule has 232 valence electrons. The van der Waals surface area contributed by atoms with Crippen LogP contribution in [-0.4, -0.2) is 0 Å². The monoisotopic (exact) mass is 632 g/mol. The van der Waals surface area contributed by atoms with E-state index in [0.29, 0.717) is 0 Å². The van der Waals surface area contributed by atoms with Crippen LogP contribution in [0.3, 0.4) is 0 Å². The van der Waals surface area contributed by atoms with E-state index in [-0.39, 0.29) is 0 Å². The van der Waals surface area contributed by atoms with Crippen LogP contribution in [0.25, 0.3) is 98.4 Å². The Morgan fingerprint density at radius 1 is 0.200 bits per heavy atom.